The van der Waals surface area contributed by atoms with Crippen LogP contribution in [0.3, 0.4) is 0 Å². The minimum absolute atomic E-state index is 0.444. The summed E-state index contributed by atoms with van der Waals surface area (Å²) in [5, 5.41) is 0. The minimum atomic E-state index is -1.03. The average molecular weight is 255 g/mol. The lowest BCUT2D eigenvalue weighted by atomic mass is 9.48. The van der Waals surface area contributed by atoms with Gasteiger partial charge < -0.3 is 0 Å². The summed E-state index contributed by atoms with van der Waals surface area (Å²) in [7, 11) is -1.03. The first-order chi connectivity index (χ1) is 7.31. The Morgan fingerprint density at radius 1 is 1.06 bits per heavy atom. The number of rotatable bonds is 2. The van der Waals surface area contributed by atoms with E-state index in [9.17, 15) is 0 Å². The Kier molecular flexibility index (Phi) is 3.70. The highest BCUT2D eigenvalue weighted by Crippen LogP contribution is 2.67. The van der Waals surface area contributed by atoms with Gasteiger partial charge in [-0.2, -0.15) is 0 Å². The van der Waals surface area contributed by atoms with Crippen LogP contribution in [0.1, 0.15) is 48.5 Å². The normalized spacial score (nSPS) is 35.3. The molecule has 0 spiro atoms. The fourth-order valence-electron chi connectivity index (χ4n) is 4.20. The van der Waals surface area contributed by atoms with Gasteiger partial charge in [-0.15, -0.1) is 0 Å². The molecule has 1 heteroatoms. The highest BCUT2D eigenvalue weighted by atomic mass is 28.3. The molecule has 0 bridgehead atoms. The second-order valence-corrected chi connectivity index (χ2v) is 14.6. The van der Waals surface area contributed by atoms with Gasteiger partial charge in [-0.1, -0.05) is 68.1 Å². The first-order valence-electron chi connectivity index (χ1n) is 7.31. The van der Waals surface area contributed by atoms with Gasteiger partial charge in [0, 0.05) is 8.07 Å². The van der Waals surface area contributed by atoms with Crippen molar-refractivity contribution in [2.45, 2.75) is 73.6 Å². The largest absolute Gasteiger partial charge is 0.0693 e. The maximum atomic E-state index is 2.56. The second kappa shape index (κ2) is 4.11. The molecule has 0 aromatic carbocycles. The highest BCUT2D eigenvalue weighted by Gasteiger charge is 2.60. The van der Waals surface area contributed by atoms with Crippen LogP contribution in [0.4, 0.5) is 0 Å². The van der Waals surface area contributed by atoms with Crippen molar-refractivity contribution in [1.82, 2.24) is 0 Å². The van der Waals surface area contributed by atoms with Gasteiger partial charge in [-0.3, -0.25) is 0 Å². The summed E-state index contributed by atoms with van der Waals surface area (Å²) in [6, 6.07) is 0. The van der Waals surface area contributed by atoms with Gasteiger partial charge in [-0.05, 0) is 34.1 Å². The third-order valence-corrected chi connectivity index (χ3v) is 8.72. The van der Waals surface area contributed by atoms with Crippen LogP contribution in [0.25, 0.3) is 0 Å². The molecule has 0 amide bonds. The average Bonchev–Trinajstić information content (AvgIpc) is 2.08. The minimum Gasteiger partial charge on any atom is -0.0693 e. The summed E-state index contributed by atoms with van der Waals surface area (Å²) >= 11 is 0. The van der Waals surface area contributed by atoms with Gasteiger partial charge in [-0.25, -0.2) is 0 Å². The Bertz CT molecular complexity index is 277. The summed E-state index contributed by atoms with van der Waals surface area (Å²) in [6.07, 6.45) is 0. The van der Waals surface area contributed by atoms with Gasteiger partial charge in [0.1, 0.15) is 0 Å². The third kappa shape index (κ3) is 2.50. The van der Waals surface area contributed by atoms with E-state index < -0.39 is 8.07 Å². The van der Waals surface area contributed by atoms with Crippen molar-refractivity contribution in [2.24, 2.45) is 28.6 Å². The van der Waals surface area contributed by atoms with Crippen LogP contribution in [0, 0.1) is 28.6 Å². The molecule has 1 aliphatic rings. The number of hydrogen-bond acceptors (Lipinski definition) is 0. The topological polar surface area (TPSA) is 0 Å². The van der Waals surface area contributed by atoms with Gasteiger partial charge >= 0.3 is 0 Å². The van der Waals surface area contributed by atoms with Crippen LogP contribution in [-0.2, 0) is 0 Å². The lowest BCUT2D eigenvalue weighted by Gasteiger charge is -2.65. The van der Waals surface area contributed by atoms with Crippen LogP contribution >= 0.6 is 0 Å². The first-order valence-corrected chi connectivity index (χ1v) is 10.9. The first kappa shape index (κ1) is 15.3. The van der Waals surface area contributed by atoms with E-state index in [1.165, 1.54) is 0 Å². The van der Waals surface area contributed by atoms with Crippen LogP contribution in [0.5, 0.6) is 0 Å². The van der Waals surface area contributed by atoms with Crippen molar-refractivity contribution in [3.05, 3.63) is 0 Å². The Morgan fingerprint density at radius 2 is 1.47 bits per heavy atom. The van der Waals surface area contributed by atoms with Crippen molar-refractivity contribution in [1.29, 1.82) is 0 Å². The maximum Gasteiger partial charge on any atom is 0.0479 e. The molecule has 1 fully saturated rings. The Morgan fingerprint density at radius 3 is 1.76 bits per heavy atom. The molecule has 0 aromatic rings. The Balaban J connectivity index is 3.03. The molecule has 1 saturated carbocycles. The molecule has 0 aliphatic heterocycles. The van der Waals surface area contributed by atoms with Crippen molar-refractivity contribution >= 4 is 8.07 Å². The molecule has 0 radical (unpaired) electrons. The van der Waals surface area contributed by atoms with Crippen molar-refractivity contribution in [2.75, 3.05) is 0 Å². The fourth-order valence-corrected chi connectivity index (χ4v) is 7.93. The van der Waals surface area contributed by atoms with Crippen molar-refractivity contribution in [3.8, 4) is 0 Å². The van der Waals surface area contributed by atoms with E-state index in [1.807, 2.05) is 0 Å². The van der Waals surface area contributed by atoms with Crippen molar-refractivity contribution in [3.63, 3.8) is 0 Å². The van der Waals surface area contributed by atoms with E-state index in [2.05, 4.69) is 68.1 Å². The molecule has 1 aliphatic carbocycles. The molecule has 0 N–H and O–H groups in total. The monoisotopic (exact) mass is 254 g/mol. The summed E-state index contributed by atoms with van der Waals surface area (Å²) in [6.45, 7) is 24.9. The molecule has 0 nitrogen and oxygen atoms in total. The van der Waals surface area contributed by atoms with Gasteiger partial charge in [0.25, 0.3) is 0 Å². The SMILES string of the molecule is CC(C1C([Si](C)(C)C)C(C)C1(C)C)C(C)(C)C. The van der Waals surface area contributed by atoms with E-state index >= 15 is 0 Å². The maximum absolute atomic E-state index is 2.56. The molecule has 102 valence electrons. The fraction of sp³-hybridized carbons (Fsp3) is 1.00. The number of hydrogen-bond donors (Lipinski definition) is 0. The molecule has 0 saturated heterocycles. The second-order valence-electron chi connectivity index (χ2n) is 9.18. The molecule has 0 aromatic heterocycles. The molecule has 17 heavy (non-hydrogen) atoms. The third-order valence-electron chi connectivity index (χ3n) is 5.86. The molecule has 4 unspecified atom stereocenters. The Labute approximate surface area is 111 Å². The predicted octanol–water partition coefficient (Wildman–Crippen LogP) is 5.67. The van der Waals surface area contributed by atoms with Crippen LogP contribution in [-0.4, -0.2) is 8.07 Å². The summed E-state index contributed by atoms with van der Waals surface area (Å²) in [5.74, 6) is 2.65. The standard InChI is InChI=1S/C16H34Si/c1-11(15(3,4)5)13-14(17(8,9)10)12(2)16(13,6)7/h11-14H,1-10H3. The van der Waals surface area contributed by atoms with Crippen LogP contribution in [0.15, 0.2) is 0 Å². The van der Waals surface area contributed by atoms with E-state index in [1.54, 1.807) is 0 Å². The molecule has 1 rings (SSSR count). The van der Waals surface area contributed by atoms with Crippen LogP contribution < -0.4 is 0 Å². The van der Waals surface area contributed by atoms with Gasteiger partial charge in [0.2, 0.25) is 0 Å². The van der Waals surface area contributed by atoms with Gasteiger partial charge in [0.15, 0.2) is 0 Å². The van der Waals surface area contributed by atoms with E-state index in [0.717, 1.165) is 23.3 Å². The van der Waals surface area contributed by atoms with E-state index in [4.69, 9.17) is 0 Å². The lowest BCUT2D eigenvalue weighted by Crippen LogP contribution is -2.60. The highest BCUT2D eigenvalue weighted by molar-refractivity contribution is 6.77. The zero-order chi connectivity index (χ0) is 13.8. The van der Waals surface area contributed by atoms with Gasteiger partial charge in [0.05, 0.1) is 0 Å². The smallest absolute Gasteiger partial charge is 0.0479 e. The summed E-state index contributed by atoms with van der Waals surface area (Å²) in [4.78, 5) is 0. The summed E-state index contributed by atoms with van der Waals surface area (Å²) < 4.78 is 0. The Hall–Kier alpha value is 0.217. The van der Waals surface area contributed by atoms with Crippen molar-refractivity contribution < 1.29 is 0 Å². The quantitative estimate of drug-likeness (QED) is 0.557. The molecular formula is C16H34Si. The van der Waals surface area contributed by atoms with E-state index in [0.29, 0.717) is 10.8 Å². The van der Waals surface area contributed by atoms with Crippen LogP contribution in [0.2, 0.25) is 25.2 Å². The molecule has 0 heterocycles. The lowest BCUT2D eigenvalue weighted by molar-refractivity contribution is -0.0737. The zero-order valence-corrected chi connectivity index (χ0v) is 14.8. The molecular weight excluding hydrogens is 220 g/mol. The predicted molar refractivity (Wildman–Crippen MR) is 82.2 cm³/mol. The zero-order valence-electron chi connectivity index (χ0n) is 13.8. The van der Waals surface area contributed by atoms with E-state index in [-0.39, 0.29) is 0 Å². The molecule has 4 atom stereocenters. The summed E-state index contributed by atoms with van der Waals surface area (Å²) in [5.41, 5.74) is 1.99.